The predicted molar refractivity (Wildman–Crippen MR) is 69.6 cm³/mol. The lowest BCUT2D eigenvalue weighted by Gasteiger charge is -2.61. The SMILES string of the molecule is NC12CC3CC(C1)CC(c1cc(F)ccc1F)(C3)C2. The van der Waals surface area contributed by atoms with E-state index in [2.05, 4.69) is 0 Å². The molecule has 5 rings (SSSR count). The van der Waals surface area contributed by atoms with Crippen molar-refractivity contribution in [2.24, 2.45) is 17.6 Å². The lowest BCUT2D eigenvalue weighted by Crippen LogP contribution is -2.61. The topological polar surface area (TPSA) is 26.0 Å². The maximum Gasteiger partial charge on any atom is 0.127 e. The molecule has 2 atom stereocenters. The van der Waals surface area contributed by atoms with E-state index in [0.29, 0.717) is 17.4 Å². The molecular weight excluding hydrogens is 244 g/mol. The molecular formula is C16H19F2N. The second-order valence-corrected chi connectivity index (χ2v) is 7.23. The van der Waals surface area contributed by atoms with Crippen molar-refractivity contribution in [3.05, 3.63) is 35.4 Å². The van der Waals surface area contributed by atoms with Gasteiger partial charge in [-0.3, -0.25) is 0 Å². The summed E-state index contributed by atoms with van der Waals surface area (Å²) in [6.07, 6.45) is 6.18. The van der Waals surface area contributed by atoms with Crippen molar-refractivity contribution in [3.63, 3.8) is 0 Å². The molecule has 19 heavy (non-hydrogen) atoms. The molecule has 0 radical (unpaired) electrons. The average molecular weight is 263 g/mol. The lowest BCUT2D eigenvalue weighted by molar-refractivity contribution is -0.0242. The summed E-state index contributed by atoms with van der Waals surface area (Å²) >= 11 is 0. The van der Waals surface area contributed by atoms with E-state index < -0.39 is 0 Å². The maximum atomic E-state index is 14.2. The van der Waals surface area contributed by atoms with Crippen LogP contribution in [0.2, 0.25) is 0 Å². The largest absolute Gasteiger partial charge is 0.325 e. The fourth-order valence-corrected chi connectivity index (χ4v) is 5.55. The molecule has 0 spiro atoms. The van der Waals surface area contributed by atoms with Crippen LogP contribution in [0.1, 0.15) is 44.1 Å². The van der Waals surface area contributed by atoms with E-state index in [1.54, 1.807) is 0 Å². The van der Waals surface area contributed by atoms with Gasteiger partial charge in [-0.2, -0.15) is 0 Å². The van der Waals surface area contributed by atoms with E-state index in [0.717, 1.165) is 32.1 Å². The van der Waals surface area contributed by atoms with Crippen LogP contribution >= 0.6 is 0 Å². The summed E-state index contributed by atoms with van der Waals surface area (Å²) in [7, 11) is 0. The normalized spacial score (nSPS) is 43.7. The third kappa shape index (κ3) is 1.67. The number of hydrogen-bond acceptors (Lipinski definition) is 1. The van der Waals surface area contributed by atoms with Crippen LogP contribution in [0.25, 0.3) is 0 Å². The lowest BCUT2D eigenvalue weighted by atomic mass is 9.45. The van der Waals surface area contributed by atoms with Crippen molar-refractivity contribution >= 4 is 0 Å². The summed E-state index contributed by atoms with van der Waals surface area (Å²) in [4.78, 5) is 0. The van der Waals surface area contributed by atoms with Gasteiger partial charge in [0, 0.05) is 11.0 Å². The Morgan fingerprint density at radius 3 is 2.37 bits per heavy atom. The third-order valence-corrected chi connectivity index (χ3v) is 5.61. The van der Waals surface area contributed by atoms with E-state index >= 15 is 0 Å². The van der Waals surface area contributed by atoms with Crippen molar-refractivity contribution in [1.29, 1.82) is 0 Å². The van der Waals surface area contributed by atoms with Crippen LogP contribution in [-0.2, 0) is 5.41 Å². The fourth-order valence-electron chi connectivity index (χ4n) is 5.55. The number of rotatable bonds is 1. The molecule has 0 aliphatic heterocycles. The molecule has 4 bridgehead atoms. The molecule has 0 saturated heterocycles. The zero-order valence-corrected chi connectivity index (χ0v) is 11.0. The Morgan fingerprint density at radius 2 is 1.74 bits per heavy atom. The first-order valence-electron chi connectivity index (χ1n) is 7.23. The van der Waals surface area contributed by atoms with Crippen LogP contribution in [0.5, 0.6) is 0 Å². The van der Waals surface area contributed by atoms with E-state index in [4.69, 9.17) is 5.73 Å². The summed E-state index contributed by atoms with van der Waals surface area (Å²) in [5, 5.41) is 0. The fraction of sp³-hybridized carbons (Fsp3) is 0.625. The Balaban J connectivity index is 1.83. The monoisotopic (exact) mass is 263 g/mol. The number of nitrogens with two attached hydrogens (primary N) is 1. The Bertz CT molecular complexity index is 526. The minimum absolute atomic E-state index is 0.136. The first-order valence-corrected chi connectivity index (χ1v) is 7.23. The zero-order valence-electron chi connectivity index (χ0n) is 11.0. The third-order valence-electron chi connectivity index (χ3n) is 5.61. The minimum atomic E-state index is -0.335. The number of hydrogen-bond donors (Lipinski definition) is 1. The van der Waals surface area contributed by atoms with Gasteiger partial charge < -0.3 is 5.73 Å². The van der Waals surface area contributed by atoms with Gasteiger partial charge in [-0.25, -0.2) is 8.78 Å². The molecule has 102 valence electrons. The first kappa shape index (κ1) is 11.8. The van der Waals surface area contributed by atoms with E-state index in [9.17, 15) is 8.78 Å². The molecule has 1 nitrogen and oxygen atoms in total. The van der Waals surface area contributed by atoms with Crippen LogP contribution in [0.4, 0.5) is 8.78 Å². The van der Waals surface area contributed by atoms with Crippen molar-refractivity contribution in [1.82, 2.24) is 0 Å². The number of halogens is 2. The van der Waals surface area contributed by atoms with Gasteiger partial charge >= 0.3 is 0 Å². The van der Waals surface area contributed by atoms with Gasteiger partial charge in [-0.1, -0.05) is 0 Å². The average Bonchev–Trinajstić information content (AvgIpc) is 2.29. The van der Waals surface area contributed by atoms with E-state index in [1.165, 1.54) is 24.6 Å². The Kier molecular flexibility index (Phi) is 2.22. The predicted octanol–water partition coefficient (Wildman–Crippen LogP) is 3.51. The van der Waals surface area contributed by atoms with Crippen LogP contribution < -0.4 is 5.73 Å². The highest BCUT2D eigenvalue weighted by atomic mass is 19.1. The summed E-state index contributed by atoms with van der Waals surface area (Å²) in [5.41, 5.74) is 6.76. The molecule has 4 aliphatic carbocycles. The molecule has 4 saturated carbocycles. The van der Waals surface area contributed by atoms with Crippen molar-refractivity contribution < 1.29 is 8.78 Å². The smallest absolute Gasteiger partial charge is 0.127 e. The van der Waals surface area contributed by atoms with Gasteiger partial charge in [0.2, 0.25) is 0 Å². The van der Waals surface area contributed by atoms with Crippen molar-refractivity contribution in [3.8, 4) is 0 Å². The molecule has 4 fully saturated rings. The minimum Gasteiger partial charge on any atom is -0.325 e. The van der Waals surface area contributed by atoms with E-state index in [-0.39, 0.29) is 22.6 Å². The van der Waals surface area contributed by atoms with Crippen molar-refractivity contribution in [2.75, 3.05) is 0 Å². The molecule has 1 aromatic rings. The first-order chi connectivity index (χ1) is 8.98. The van der Waals surface area contributed by atoms with Gasteiger partial charge in [0.1, 0.15) is 11.6 Å². The molecule has 0 aromatic heterocycles. The summed E-state index contributed by atoms with van der Waals surface area (Å²) in [6, 6.07) is 3.88. The summed E-state index contributed by atoms with van der Waals surface area (Å²) < 4.78 is 27.7. The molecule has 0 amide bonds. The van der Waals surface area contributed by atoms with Gasteiger partial charge in [0.05, 0.1) is 0 Å². The van der Waals surface area contributed by atoms with Crippen LogP contribution in [-0.4, -0.2) is 5.54 Å². The quantitative estimate of drug-likeness (QED) is 0.824. The van der Waals surface area contributed by atoms with Gasteiger partial charge in [0.25, 0.3) is 0 Å². The van der Waals surface area contributed by atoms with Crippen LogP contribution in [0, 0.1) is 23.5 Å². The Labute approximate surface area is 112 Å². The van der Waals surface area contributed by atoms with Gasteiger partial charge in [-0.15, -0.1) is 0 Å². The molecule has 2 N–H and O–H groups in total. The standard InChI is InChI=1S/C16H19F2N/c17-12-1-2-14(18)13(4-12)15-5-10-3-11(6-15)8-16(19,7-10)9-15/h1-2,4,10-11H,3,5-9,19H2. The zero-order chi connectivity index (χ0) is 13.3. The highest BCUT2D eigenvalue weighted by molar-refractivity contribution is 5.33. The number of benzene rings is 1. The maximum absolute atomic E-state index is 14.2. The van der Waals surface area contributed by atoms with Gasteiger partial charge in [0.15, 0.2) is 0 Å². The van der Waals surface area contributed by atoms with E-state index in [1.807, 2.05) is 0 Å². The summed E-state index contributed by atoms with van der Waals surface area (Å²) in [6.45, 7) is 0. The molecule has 0 heterocycles. The molecule has 3 heteroatoms. The van der Waals surface area contributed by atoms with Crippen LogP contribution in [0.3, 0.4) is 0 Å². The Morgan fingerprint density at radius 1 is 1.05 bits per heavy atom. The molecule has 2 unspecified atom stereocenters. The summed E-state index contributed by atoms with van der Waals surface area (Å²) in [5.74, 6) is 0.619. The second kappa shape index (κ2) is 3.57. The second-order valence-electron chi connectivity index (χ2n) is 7.23. The highest BCUT2D eigenvalue weighted by Crippen LogP contribution is 2.61. The van der Waals surface area contributed by atoms with Crippen molar-refractivity contribution in [2.45, 2.75) is 49.5 Å². The van der Waals surface area contributed by atoms with Crippen LogP contribution in [0.15, 0.2) is 18.2 Å². The van der Waals surface area contributed by atoms with Gasteiger partial charge in [-0.05, 0) is 74.1 Å². The molecule has 1 aromatic carbocycles. The Hall–Kier alpha value is -0.960. The highest BCUT2D eigenvalue weighted by Gasteiger charge is 2.57. The molecule has 4 aliphatic rings.